The first-order valence-electron chi connectivity index (χ1n) is 10.2. The number of thioether (sulfide) groups is 1. The third-order valence-electron chi connectivity index (χ3n) is 5.38. The van der Waals surface area contributed by atoms with E-state index in [9.17, 15) is 10.0 Å². The highest BCUT2D eigenvalue weighted by atomic mass is 35.5. The van der Waals surface area contributed by atoms with Crippen LogP contribution in [0.3, 0.4) is 0 Å². The molecule has 0 unspecified atom stereocenters. The fourth-order valence-corrected chi connectivity index (χ4v) is 5.65. The lowest BCUT2D eigenvalue weighted by molar-refractivity contribution is -0.898. The van der Waals surface area contributed by atoms with E-state index in [0.717, 1.165) is 21.2 Å². The van der Waals surface area contributed by atoms with Crippen LogP contribution in [0.1, 0.15) is 18.4 Å². The Morgan fingerprint density at radius 3 is 2.66 bits per heavy atom. The molecule has 1 N–H and O–H groups in total. The summed E-state index contributed by atoms with van der Waals surface area (Å²) in [5, 5.41) is 19.1. The summed E-state index contributed by atoms with van der Waals surface area (Å²) in [5.41, 5.74) is 2.77. The Bertz CT molecular complexity index is 1070. The van der Waals surface area contributed by atoms with Crippen LogP contribution in [-0.2, 0) is 11.3 Å². The van der Waals surface area contributed by atoms with Crippen LogP contribution in [0.15, 0.2) is 52.4 Å². The average Bonchev–Trinajstić information content (AvgIpc) is 3.26. The number of pyridine rings is 1. The lowest BCUT2D eigenvalue weighted by atomic mass is 10.0. The molecular weight excluding hydrogens is 487 g/mol. The van der Waals surface area contributed by atoms with Gasteiger partial charge in [-0.2, -0.15) is 0 Å². The molecule has 1 aromatic carbocycles. The molecule has 1 aliphatic heterocycles. The molecule has 0 aliphatic carbocycles. The van der Waals surface area contributed by atoms with Crippen LogP contribution in [0.25, 0.3) is 11.3 Å². The summed E-state index contributed by atoms with van der Waals surface area (Å²) in [6, 6.07) is 9.17. The van der Waals surface area contributed by atoms with Crippen molar-refractivity contribution in [2.24, 2.45) is 0 Å². The number of nitrogens with zero attached hydrogens (tertiary/aromatic N) is 3. The Labute approximate surface area is 205 Å². The fraction of sp³-hybridized carbons (Fsp3) is 0.318. The van der Waals surface area contributed by atoms with Gasteiger partial charge < -0.3 is 15.2 Å². The van der Waals surface area contributed by atoms with Gasteiger partial charge >= 0.3 is 0 Å². The van der Waals surface area contributed by atoms with Crippen LogP contribution in [0, 0.1) is 5.21 Å². The number of carbonyl (C=O) groups excluding carboxylic acids is 1. The van der Waals surface area contributed by atoms with Gasteiger partial charge in [-0.25, -0.2) is 4.98 Å². The van der Waals surface area contributed by atoms with Crippen molar-refractivity contribution in [1.29, 1.82) is 0 Å². The van der Waals surface area contributed by atoms with E-state index in [4.69, 9.17) is 23.2 Å². The first kappa shape index (κ1) is 23.5. The maximum atomic E-state index is 13.1. The fourth-order valence-electron chi connectivity index (χ4n) is 3.69. The van der Waals surface area contributed by atoms with Gasteiger partial charge in [-0.3, -0.25) is 9.78 Å². The molecule has 32 heavy (non-hydrogen) atoms. The maximum absolute atomic E-state index is 13.1. The molecule has 4 rings (SSSR count). The summed E-state index contributed by atoms with van der Waals surface area (Å²) in [7, 11) is 0. The smallest absolute Gasteiger partial charge is 0.230 e. The number of rotatable bonds is 7. The van der Waals surface area contributed by atoms with E-state index in [1.807, 2.05) is 23.6 Å². The molecule has 0 spiro atoms. The topological polar surface area (TPSA) is 77.9 Å². The third-order valence-corrected chi connectivity index (χ3v) is 8.14. The average molecular weight is 509 g/mol. The predicted octanol–water partition coefficient (Wildman–Crippen LogP) is 5.40. The largest absolute Gasteiger partial charge is 0.633 e. The highest BCUT2D eigenvalue weighted by Gasteiger charge is 2.28. The predicted molar refractivity (Wildman–Crippen MR) is 131 cm³/mol. The van der Waals surface area contributed by atoms with Gasteiger partial charge in [0, 0.05) is 47.8 Å². The number of likely N-dealkylation sites (tertiary alicyclic amines) is 1. The number of amides is 1. The van der Waals surface area contributed by atoms with E-state index < -0.39 is 0 Å². The molecule has 2 aromatic heterocycles. The van der Waals surface area contributed by atoms with Crippen molar-refractivity contribution >= 4 is 52.2 Å². The van der Waals surface area contributed by atoms with Gasteiger partial charge in [0.05, 0.1) is 34.6 Å². The lowest BCUT2D eigenvalue weighted by Gasteiger charge is -2.47. The SMILES string of the molecule is O=C(CSc1nc(-c2ccncc2)cs1)NC1CC[N+]([O-])(Cc2ccc(Cl)c(Cl)c2)CC1. The molecule has 1 saturated heterocycles. The van der Waals surface area contributed by atoms with Gasteiger partial charge in [0.15, 0.2) is 4.34 Å². The Hall–Kier alpha value is -1.68. The Kier molecular flexibility index (Phi) is 7.70. The first-order valence-corrected chi connectivity index (χ1v) is 12.8. The van der Waals surface area contributed by atoms with E-state index in [2.05, 4.69) is 15.3 Å². The van der Waals surface area contributed by atoms with Gasteiger partial charge in [0.1, 0.15) is 6.54 Å². The number of nitrogens with one attached hydrogen (secondary N) is 1. The van der Waals surface area contributed by atoms with E-state index in [-0.39, 0.29) is 16.6 Å². The molecule has 6 nitrogen and oxygen atoms in total. The summed E-state index contributed by atoms with van der Waals surface area (Å²) in [5.74, 6) is 0.275. The molecule has 0 atom stereocenters. The first-order chi connectivity index (χ1) is 15.4. The lowest BCUT2D eigenvalue weighted by Crippen LogP contribution is -2.52. The van der Waals surface area contributed by atoms with Crippen LogP contribution in [0.5, 0.6) is 0 Å². The van der Waals surface area contributed by atoms with Crippen molar-refractivity contribution in [2.75, 3.05) is 18.8 Å². The summed E-state index contributed by atoms with van der Waals surface area (Å²) >= 11 is 15.0. The van der Waals surface area contributed by atoms with Crippen molar-refractivity contribution in [3.05, 3.63) is 68.9 Å². The number of quaternary nitrogens is 1. The minimum Gasteiger partial charge on any atom is -0.633 e. The normalized spacial score (nSPS) is 20.8. The van der Waals surface area contributed by atoms with Crippen molar-refractivity contribution in [3.63, 3.8) is 0 Å². The zero-order valence-corrected chi connectivity index (χ0v) is 20.3. The molecule has 168 valence electrons. The zero-order valence-electron chi connectivity index (χ0n) is 17.2. The summed E-state index contributed by atoms with van der Waals surface area (Å²) in [6.45, 7) is 1.28. The Morgan fingerprint density at radius 1 is 1.19 bits per heavy atom. The maximum Gasteiger partial charge on any atom is 0.230 e. The third kappa shape index (κ3) is 6.21. The van der Waals surface area contributed by atoms with Crippen molar-refractivity contribution in [3.8, 4) is 11.3 Å². The van der Waals surface area contributed by atoms with Crippen LogP contribution in [0.2, 0.25) is 10.0 Å². The number of hydrogen-bond acceptors (Lipinski definition) is 6. The summed E-state index contributed by atoms with van der Waals surface area (Å²) in [4.78, 5) is 21.0. The van der Waals surface area contributed by atoms with E-state index in [1.165, 1.54) is 23.1 Å². The van der Waals surface area contributed by atoms with Crippen molar-refractivity contribution in [2.45, 2.75) is 29.8 Å². The monoisotopic (exact) mass is 508 g/mol. The molecule has 0 saturated carbocycles. The number of hydrogen-bond donors (Lipinski definition) is 1. The summed E-state index contributed by atoms with van der Waals surface area (Å²) < 4.78 is 0.545. The van der Waals surface area contributed by atoms with Crippen LogP contribution in [-0.4, -0.2) is 45.4 Å². The number of benzene rings is 1. The van der Waals surface area contributed by atoms with E-state index in [0.29, 0.717) is 48.3 Å². The molecule has 1 amide bonds. The van der Waals surface area contributed by atoms with Crippen LogP contribution < -0.4 is 5.32 Å². The minimum absolute atomic E-state index is 0.0285. The zero-order chi connectivity index (χ0) is 22.6. The molecule has 0 radical (unpaired) electrons. The number of halogens is 2. The van der Waals surface area contributed by atoms with Crippen LogP contribution in [0.4, 0.5) is 0 Å². The number of carbonyl (C=O) groups is 1. The van der Waals surface area contributed by atoms with Crippen LogP contribution >= 0.6 is 46.3 Å². The summed E-state index contributed by atoms with van der Waals surface area (Å²) in [6.07, 6.45) is 4.79. The molecule has 1 fully saturated rings. The second kappa shape index (κ2) is 10.5. The van der Waals surface area contributed by atoms with Crippen molar-refractivity contribution < 1.29 is 9.44 Å². The van der Waals surface area contributed by atoms with Crippen molar-refractivity contribution in [1.82, 2.24) is 15.3 Å². The molecule has 10 heteroatoms. The van der Waals surface area contributed by atoms with Gasteiger partial charge in [-0.1, -0.05) is 41.0 Å². The van der Waals surface area contributed by atoms with Gasteiger partial charge in [-0.15, -0.1) is 11.3 Å². The van der Waals surface area contributed by atoms with Gasteiger partial charge in [0.25, 0.3) is 0 Å². The highest BCUT2D eigenvalue weighted by molar-refractivity contribution is 8.01. The van der Waals surface area contributed by atoms with E-state index in [1.54, 1.807) is 24.5 Å². The second-order valence-corrected chi connectivity index (χ2v) is 10.7. The van der Waals surface area contributed by atoms with Gasteiger partial charge in [0.2, 0.25) is 5.91 Å². The van der Waals surface area contributed by atoms with Gasteiger partial charge in [-0.05, 0) is 24.3 Å². The number of hydroxylamine groups is 3. The number of thiazole rings is 1. The highest BCUT2D eigenvalue weighted by Crippen LogP contribution is 2.29. The minimum atomic E-state index is -0.310. The second-order valence-electron chi connectivity index (χ2n) is 7.78. The molecule has 0 bridgehead atoms. The molecular formula is C22H22Cl2N4O2S2. The molecule has 3 heterocycles. The number of aromatic nitrogens is 2. The number of piperidine rings is 1. The molecule has 1 aliphatic rings. The quantitative estimate of drug-likeness (QED) is 0.262. The Balaban J connectivity index is 1.22. The Morgan fingerprint density at radius 2 is 1.94 bits per heavy atom. The molecule has 3 aromatic rings. The van der Waals surface area contributed by atoms with E-state index >= 15 is 0 Å². The standard InChI is InChI=1S/C22H22Cl2N4O2S2/c23-18-2-1-15(11-19(18)24)12-28(30)9-5-17(6-10-28)26-21(29)14-32-22-27-20(13-31-22)16-3-7-25-8-4-16/h1-4,7-8,11,13,17H,5-6,9-10,12,14H2,(H,26,29).